The van der Waals surface area contributed by atoms with Crippen molar-refractivity contribution in [3.8, 4) is 5.75 Å². The topological polar surface area (TPSA) is 41.9 Å². The van der Waals surface area contributed by atoms with Crippen molar-refractivity contribution >= 4 is 11.8 Å². The molecule has 19 heavy (non-hydrogen) atoms. The van der Waals surface area contributed by atoms with Crippen LogP contribution in [0.4, 0.5) is 5.69 Å². The first-order chi connectivity index (χ1) is 9.29. The Balaban J connectivity index is 2.00. The van der Waals surface area contributed by atoms with E-state index >= 15 is 0 Å². The number of aliphatic imine (C=N–C) groups is 1. The minimum absolute atomic E-state index is 0.372. The van der Waals surface area contributed by atoms with Gasteiger partial charge in [-0.25, -0.2) is 4.79 Å². The monoisotopic (exact) mass is 258 g/mol. The van der Waals surface area contributed by atoms with Gasteiger partial charge in [0.1, 0.15) is 11.3 Å². The van der Waals surface area contributed by atoms with Crippen LogP contribution in [0, 0.1) is 0 Å². The zero-order chi connectivity index (χ0) is 13.3. The van der Waals surface area contributed by atoms with Crippen molar-refractivity contribution in [3.05, 3.63) is 23.8 Å². The molecule has 4 heteroatoms. The van der Waals surface area contributed by atoms with Crippen LogP contribution in [0.1, 0.15) is 31.2 Å². The average molecular weight is 258 g/mol. The first-order valence-corrected chi connectivity index (χ1v) is 6.81. The molecular weight excluding hydrogens is 240 g/mol. The summed E-state index contributed by atoms with van der Waals surface area (Å²) < 4.78 is 5.43. The summed E-state index contributed by atoms with van der Waals surface area (Å²) in [6.45, 7) is 2.21. The second-order valence-electron chi connectivity index (χ2n) is 5.31. The van der Waals surface area contributed by atoms with E-state index in [2.05, 4.69) is 22.0 Å². The van der Waals surface area contributed by atoms with Gasteiger partial charge in [0.05, 0.1) is 7.11 Å². The zero-order valence-corrected chi connectivity index (χ0v) is 11.2. The molecule has 1 aliphatic heterocycles. The smallest absolute Gasteiger partial charge is 0.235 e. The SMILES string of the molecule is COc1ccc(N2CCCC2)cc1C1(N=C=O)CC1. The third kappa shape index (κ3) is 2.13. The minimum Gasteiger partial charge on any atom is -0.496 e. The summed E-state index contributed by atoms with van der Waals surface area (Å²) in [4.78, 5) is 17.0. The molecule has 1 heterocycles. The van der Waals surface area contributed by atoms with E-state index in [0.29, 0.717) is 0 Å². The summed E-state index contributed by atoms with van der Waals surface area (Å²) in [6, 6.07) is 6.22. The maximum Gasteiger partial charge on any atom is 0.235 e. The molecule has 3 rings (SSSR count). The number of carbonyl (C=O) groups excluding carboxylic acids is 1. The van der Waals surface area contributed by atoms with E-state index in [0.717, 1.165) is 37.2 Å². The molecule has 2 fully saturated rings. The van der Waals surface area contributed by atoms with Gasteiger partial charge in [-0.1, -0.05) is 0 Å². The number of ether oxygens (including phenoxy) is 1. The quantitative estimate of drug-likeness (QED) is 0.616. The van der Waals surface area contributed by atoms with Gasteiger partial charge in [-0.3, -0.25) is 0 Å². The van der Waals surface area contributed by atoms with E-state index < -0.39 is 0 Å². The molecule has 0 N–H and O–H groups in total. The van der Waals surface area contributed by atoms with Crippen molar-refractivity contribution in [2.45, 2.75) is 31.2 Å². The highest BCUT2D eigenvalue weighted by Crippen LogP contribution is 2.53. The third-order valence-electron chi connectivity index (χ3n) is 4.14. The molecule has 1 saturated heterocycles. The molecule has 1 saturated carbocycles. The van der Waals surface area contributed by atoms with Crippen LogP contribution in [0.2, 0.25) is 0 Å². The highest BCUT2D eigenvalue weighted by Gasteiger charge is 2.47. The van der Waals surface area contributed by atoms with Gasteiger partial charge in [-0.2, -0.15) is 4.99 Å². The largest absolute Gasteiger partial charge is 0.496 e. The summed E-state index contributed by atoms with van der Waals surface area (Å²) in [7, 11) is 1.66. The van der Waals surface area contributed by atoms with E-state index in [1.165, 1.54) is 18.5 Å². The van der Waals surface area contributed by atoms with Gasteiger partial charge in [0.15, 0.2) is 0 Å². The molecule has 0 bridgehead atoms. The fourth-order valence-electron chi connectivity index (χ4n) is 2.88. The minimum atomic E-state index is -0.372. The maximum atomic E-state index is 10.6. The van der Waals surface area contributed by atoms with Crippen molar-refractivity contribution in [1.29, 1.82) is 0 Å². The lowest BCUT2D eigenvalue weighted by molar-refractivity contribution is 0.404. The molecule has 100 valence electrons. The number of rotatable bonds is 4. The molecule has 0 unspecified atom stereocenters. The Morgan fingerprint density at radius 2 is 2.05 bits per heavy atom. The number of methoxy groups -OCH3 is 1. The summed E-state index contributed by atoms with van der Waals surface area (Å²) in [5, 5.41) is 0. The van der Waals surface area contributed by atoms with Gasteiger partial charge in [0.2, 0.25) is 6.08 Å². The molecule has 4 nitrogen and oxygen atoms in total. The van der Waals surface area contributed by atoms with Crippen LogP contribution in [-0.4, -0.2) is 26.3 Å². The maximum absolute atomic E-state index is 10.6. The van der Waals surface area contributed by atoms with Crippen LogP contribution in [0.15, 0.2) is 23.2 Å². The first-order valence-electron chi connectivity index (χ1n) is 6.81. The first kappa shape index (κ1) is 12.2. The molecule has 0 aromatic heterocycles. The Morgan fingerprint density at radius 3 is 2.63 bits per heavy atom. The van der Waals surface area contributed by atoms with Crippen molar-refractivity contribution < 1.29 is 9.53 Å². The predicted octanol–water partition coefficient (Wildman–Crippen LogP) is 2.62. The van der Waals surface area contributed by atoms with Gasteiger partial charge >= 0.3 is 0 Å². The zero-order valence-electron chi connectivity index (χ0n) is 11.2. The second-order valence-corrected chi connectivity index (χ2v) is 5.31. The van der Waals surface area contributed by atoms with Gasteiger partial charge < -0.3 is 9.64 Å². The summed E-state index contributed by atoms with van der Waals surface area (Å²) in [6.07, 6.45) is 6.02. The van der Waals surface area contributed by atoms with Crippen LogP contribution < -0.4 is 9.64 Å². The standard InChI is InChI=1S/C15H18N2O2/c1-19-14-5-4-12(17-8-2-3-9-17)10-13(14)15(6-7-15)16-11-18/h4-5,10H,2-3,6-9H2,1H3. The Bertz CT molecular complexity index is 525. The molecule has 0 atom stereocenters. The fraction of sp³-hybridized carbons (Fsp3) is 0.533. The molecule has 0 amide bonds. The van der Waals surface area contributed by atoms with E-state index in [1.54, 1.807) is 13.2 Å². The second kappa shape index (κ2) is 4.71. The van der Waals surface area contributed by atoms with E-state index in [9.17, 15) is 4.79 Å². The van der Waals surface area contributed by atoms with Crippen LogP contribution in [-0.2, 0) is 10.3 Å². The Labute approximate surface area is 113 Å². The van der Waals surface area contributed by atoms with Gasteiger partial charge in [-0.15, -0.1) is 0 Å². The van der Waals surface area contributed by atoms with Crippen molar-refractivity contribution in [3.63, 3.8) is 0 Å². The molecule has 0 radical (unpaired) electrons. The van der Waals surface area contributed by atoms with Gasteiger partial charge in [-0.05, 0) is 43.9 Å². The highest BCUT2D eigenvalue weighted by atomic mass is 16.5. The lowest BCUT2D eigenvalue weighted by atomic mass is 10.0. The van der Waals surface area contributed by atoms with Gasteiger partial charge in [0, 0.05) is 24.3 Å². The van der Waals surface area contributed by atoms with E-state index in [1.807, 2.05) is 6.07 Å². The Hall–Kier alpha value is -1.80. The van der Waals surface area contributed by atoms with Crippen LogP contribution in [0.3, 0.4) is 0 Å². The number of isocyanates is 1. The molecule has 0 spiro atoms. The van der Waals surface area contributed by atoms with Crippen molar-refractivity contribution in [1.82, 2.24) is 0 Å². The summed E-state index contributed by atoms with van der Waals surface area (Å²) in [5.74, 6) is 0.819. The van der Waals surface area contributed by atoms with Gasteiger partial charge in [0.25, 0.3) is 0 Å². The molecule has 1 aromatic rings. The third-order valence-corrected chi connectivity index (χ3v) is 4.14. The number of anilines is 1. The van der Waals surface area contributed by atoms with Crippen molar-refractivity contribution in [2.24, 2.45) is 4.99 Å². The average Bonchev–Trinajstić information content (AvgIpc) is 3.02. The van der Waals surface area contributed by atoms with Crippen LogP contribution >= 0.6 is 0 Å². The molecule has 1 aromatic carbocycles. The highest BCUT2D eigenvalue weighted by molar-refractivity contribution is 5.58. The van der Waals surface area contributed by atoms with Crippen molar-refractivity contribution in [2.75, 3.05) is 25.1 Å². The van der Waals surface area contributed by atoms with E-state index in [4.69, 9.17) is 4.74 Å². The van der Waals surface area contributed by atoms with Crippen LogP contribution in [0.5, 0.6) is 5.75 Å². The number of benzene rings is 1. The lowest BCUT2D eigenvalue weighted by Crippen LogP contribution is -2.18. The fourth-order valence-corrected chi connectivity index (χ4v) is 2.88. The van der Waals surface area contributed by atoms with Crippen LogP contribution in [0.25, 0.3) is 0 Å². The predicted molar refractivity (Wildman–Crippen MR) is 73.5 cm³/mol. The summed E-state index contributed by atoms with van der Waals surface area (Å²) in [5.41, 5.74) is 1.87. The normalized spacial score (nSPS) is 19.9. The summed E-state index contributed by atoms with van der Waals surface area (Å²) >= 11 is 0. The number of hydrogen-bond acceptors (Lipinski definition) is 4. The number of nitrogens with zero attached hydrogens (tertiary/aromatic N) is 2. The molecule has 1 aliphatic carbocycles. The lowest BCUT2D eigenvalue weighted by Gasteiger charge is -2.21. The molecule has 2 aliphatic rings. The Kier molecular flexibility index (Phi) is 3.03. The Morgan fingerprint density at radius 1 is 1.32 bits per heavy atom. The molecular formula is C15H18N2O2. The van der Waals surface area contributed by atoms with E-state index in [-0.39, 0.29) is 5.54 Å². The number of hydrogen-bond donors (Lipinski definition) is 0.